The molecular weight excluding hydrogens is 393 g/mol. The highest BCUT2D eigenvalue weighted by molar-refractivity contribution is 7.17. The van der Waals surface area contributed by atoms with Gasteiger partial charge in [0.2, 0.25) is 0 Å². The van der Waals surface area contributed by atoms with Gasteiger partial charge in [0, 0.05) is 25.2 Å². The van der Waals surface area contributed by atoms with E-state index in [1.54, 1.807) is 0 Å². The molecule has 144 valence electrons. The first-order valence-electron chi connectivity index (χ1n) is 8.58. The van der Waals surface area contributed by atoms with Crippen molar-refractivity contribution in [2.24, 2.45) is 0 Å². The van der Waals surface area contributed by atoms with Crippen LogP contribution >= 0.6 is 36.2 Å². The minimum Gasteiger partial charge on any atom is -0.459 e. The summed E-state index contributed by atoms with van der Waals surface area (Å²) in [7, 11) is 1.94. The van der Waals surface area contributed by atoms with Crippen LogP contribution < -0.4 is 5.32 Å². The summed E-state index contributed by atoms with van der Waals surface area (Å²) in [6.45, 7) is 3.82. The normalized spacial score (nSPS) is 23.9. The number of nitrogens with one attached hydrogen (secondary N) is 1. The van der Waals surface area contributed by atoms with E-state index in [2.05, 4.69) is 10.3 Å². The lowest BCUT2D eigenvalue weighted by molar-refractivity contribution is 0.0685. The van der Waals surface area contributed by atoms with Crippen molar-refractivity contribution >= 4 is 42.1 Å². The fourth-order valence-corrected chi connectivity index (χ4v) is 4.93. The number of hydrogen-bond acceptors (Lipinski definition) is 5. The van der Waals surface area contributed by atoms with Gasteiger partial charge in [-0.05, 0) is 51.7 Å². The molecule has 0 aliphatic carbocycles. The summed E-state index contributed by atoms with van der Waals surface area (Å²) in [5, 5.41) is 4.41. The molecule has 0 spiro atoms. The third-order valence-corrected chi connectivity index (χ3v) is 6.42. The SMILES string of the molecule is Cc1ccc(-c2nc(C)c(C(=O)N(C)C3CC4CCC(C3)N4)s2)o1.Cl.Cl. The quantitative estimate of drug-likeness (QED) is 0.811. The van der Waals surface area contributed by atoms with Gasteiger partial charge in [-0.15, -0.1) is 36.2 Å². The third-order valence-electron chi connectivity index (χ3n) is 5.26. The van der Waals surface area contributed by atoms with Crippen molar-refractivity contribution in [3.63, 3.8) is 0 Å². The summed E-state index contributed by atoms with van der Waals surface area (Å²) >= 11 is 1.43. The number of aryl methyl sites for hydroxylation is 2. The topological polar surface area (TPSA) is 58.4 Å². The lowest BCUT2D eigenvalue weighted by atomic mass is 9.98. The van der Waals surface area contributed by atoms with Crippen LogP contribution in [0.1, 0.15) is 46.8 Å². The maximum Gasteiger partial charge on any atom is 0.265 e. The third kappa shape index (κ3) is 3.93. The van der Waals surface area contributed by atoms with Gasteiger partial charge in [0.15, 0.2) is 10.8 Å². The van der Waals surface area contributed by atoms with E-state index in [9.17, 15) is 4.79 Å². The van der Waals surface area contributed by atoms with Crippen LogP contribution in [-0.4, -0.2) is 41.0 Å². The zero-order chi connectivity index (χ0) is 16.8. The van der Waals surface area contributed by atoms with E-state index in [4.69, 9.17) is 4.42 Å². The van der Waals surface area contributed by atoms with Crippen LogP contribution in [0.15, 0.2) is 16.5 Å². The Hall–Kier alpha value is -1.08. The Morgan fingerprint density at radius 3 is 2.46 bits per heavy atom. The molecule has 2 fully saturated rings. The van der Waals surface area contributed by atoms with Crippen LogP contribution in [0.3, 0.4) is 0 Å². The van der Waals surface area contributed by atoms with E-state index in [1.807, 2.05) is 37.9 Å². The van der Waals surface area contributed by atoms with Gasteiger partial charge in [0.25, 0.3) is 5.91 Å². The minimum atomic E-state index is 0. The molecule has 2 aliphatic heterocycles. The zero-order valence-corrected chi connectivity index (χ0v) is 17.6. The molecule has 0 aromatic carbocycles. The molecule has 8 heteroatoms. The summed E-state index contributed by atoms with van der Waals surface area (Å²) in [5.41, 5.74) is 0.790. The summed E-state index contributed by atoms with van der Waals surface area (Å²) in [6, 6.07) is 5.31. The van der Waals surface area contributed by atoms with Crippen LogP contribution in [0, 0.1) is 13.8 Å². The van der Waals surface area contributed by atoms with Gasteiger partial charge in [0.1, 0.15) is 10.6 Å². The Balaban J connectivity index is 0.00000121. The highest BCUT2D eigenvalue weighted by Crippen LogP contribution is 2.33. The molecule has 2 aromatic heterocycles. The summed E-state index contributed by atoms with van der Waals surface area (Å²) in [6.07, 6.45) is 4.59. The second-order valence-corrected chi connectivity index (χ2v) is 8.02. The average Bonchev–Trinajstić information content (AvgIpc) is 3.25. The lowest BCUT2D eigenvalue weighted by Gasteiger charge is -2.35. The van der Waals surface area contributed by atoms with Crippen LogP contribution in [0.2, 0.25) is 0 Å². The molecule has 4 rings (SSSR count). The molecule has 26 heavy (non-hydrogen) atoms. The Kier molecular flexibility index (Phi) is 6.77. The number of nitrogens with zero attached hydrogens (tertiary/aromatic N) is 2. The predicted octanol–water partition coefficient (Wildman–Crippen LogP) is 4.22. The van der Waals surface area contributed by atoms with Gasteiger partial charge in [0.05, 0.1) is 5.69 Å². The fourth-order valence-electron chi connectivity index (χ4n) is 3.92. The molecule has 0 radical (unpaired) electrons. The largest absolute Gasteiger partial charge is 0.459 e. The molecule has 2 bridgehead atoms. The Morgan fingerprint density at radius 2 is 1.88 bits per heavy atom. The van der Waals surface area contributed by atoms with Crippen LogP contribution in [-0.2, 0) is 0 Å². The van der Waals surface area contributed by atoms with E-state index in [0.29, 0.717) is 18.1 Å². The van der Waals surface area contributed by atoms with Gasteiger partial charge in [-0.1, -0.05) is 0 Å². The van der Waals surface area contributed by atoms with Gasteiger partial charge in [-0.25, -0.2) is 4.98 Å². The van der Waals surface area contributed by atoms with E-state index in [0.717, 1.165) is 39.9 Å². The van der Waals surface area contributed by atoms with Gasteiger partial charge < -0.3 is 14.6 Å². The van der Waals surface area contributed by atoms with Crippen molar-refractivity contribution in [3.8, 4) is 10.8 Å². The van der Waals surface area contributed by atoms with Crippen LogP contribution in [0.5, 0.6) is 0 Å². The van der Waals surface area contributed by atoms with Crippen molar-refractivity contribution in [2.75, 3.05) is 7.05 Å². The Bertz CT molecular complexity index is 764. The van der Waals surface area contributed by atoms with E-state index >= 15 is 0 Å². The number of amides is 1. The number of thiazole rings is 1. The van der Waals surface area contributed by atoms with Crippen LogP contribution in [0.4, 0.5) is 0 Å². The molecule has 5 nitrogen and oxygen atoms in total. The number of carbonyl (C=O) groups is 1. The summed E-state index contributed by atoms with van der Waals surface area (Å²) in [4.78, 5) is 20.2. The van der Waals surface area contributed by atoms with Gasteiger partial charge >= 0.3 is 0 Å². The van der Waals surface area contributed by atoms with Crippen molar-refractivity contribution in [1.29, 1.82) is 0 Å². The molecule has 2 saturated heterocycles. The summed E-state index contributed by atoms with van der Waals surface area (Å²) < 4.78 is 5.65. The highest BCUT2D eigenvalue weighted by Gasteiger charge is 2.37. The summed E-state index contributed by atoms with van der Waals surface area (Å²) in [5.74, 6) is 1.68. The molecular formula is C18H25Cl2N3O2S. The number of rotatable bonds is 3. The second kappa shape index (κ2) is 8.30. The fraction of sp³-hybridized carbons (Fsp3) is 0.556. The van der Waals surface area contributed by atoms with Gasteiger partial charge in [-0.3, -0.25) is 4.79 Å². The maximum atomic E-state index is 13.0. The zero-order valence-electron chi connectivity index (χ0n) is 15.2. The molecule has 2 unspecified atom stereocenters. The van der Waals surface area contributed by atoms with Crippen molar-refractivity contribution in [2.45, 2.75) is 57.7 Å². The first-order chi connectivity index (χ1) is 11.5. The Labute approximate surface area is 170 Å². The standard InChI is InChI=1S/C18H23N3O2S.2ClH/c1-10-4-7-15(23-10)17-19-11(2)16(24-17)18(22)21(3)14-8-12-5-6-13(9-14)20-12;;/h4,7,12-14,20H,5-6,8-9H2,1-3H3;2*1H. The minimum absolute atomic E-state index is 0. The highest BCUT2D eigenvalue weighted by atomic mass is 35.5. The smallest absolute Gasteiger partial charge is 0.265 e. The number of piperidine rings is 1. The maximum absolute atomic E-state index is 13.0. The molecule has 1 amide bonds. The van der Waals surface area contributed by atoms with Crippen molar-refractivity contribution in [1.82, 2.24) is 15.2 Å². The number of aromatic nitrogens is 1. The predicted molar refractivity (Wildman–Crippen MR) is 109 cm³/mol. The number of furan rings is 1. The van der Waals surface area contributed by atoms with Crippen LogP contribution in [0.25, 0.3) is 10.8 Å². The first-order valence-corrected chi connectivity index (χ1v) is 9.40. The first kappa shape index (κ1) is 21.2. The van der Waals surface area contributed by atoms with E-state index in [-0.39, 0.29) is 30.7 Å². The van der Waals surface area contributed by atoms with Crippen molar-refractivity contribution < 1.29 is 9.21 Å². The monoisotopic (exact) mass is 417 g/mol. The molecule has 0 saturated carbocycles. The molecule has 2 aliphatic rings. The Morgan fingerprint density at radius 1 is 1.23 bits per heavy atom. The number of halogens is 2. The van der Waals surface area contributed by atoms with Crippen molar-refractivity contribution in [3.05, 3.63) is 28.5 Å². The number of fused-ring (bicyclic) bond motifs is 2. The molecule has 1 N–H and O–H groups in total. The van der Waals surface area contributed by atoms with E-state index < -0.39 is 0 Å². The van der Waals surface area contributed by atoms with E-state index in [1.165, 1.54) is 24.2 Å². The molecule has 2 aromatic rings. The molecule has 4 heterocycles. The average molecular weight is 418 g/mol. The lowest BCUT2D eigenvalue weighted by Crippen LogP contribution is -2.48. The second-order valence-electron chi connectivity index (χ2n) is 7.02. The number of carbonyl (C=O) groups excluding carboxylic acids is 1. The van der Waals surface area contributed by atoms with Gasteiger partial charge in [-0.2, -0.15) is 0 Å². The molecule has 2 atom stereocenters. The number of hydrogen-bond donors (Lipinski definition) is 1.